The molecule has 17 heavy (non-hydrogen) atoms. The van der Waals surface area contributed by atoms with E-state index in [9.17, 15) is 0 Å². The summed E-state index contributed by atoms with van der Waals surface area (Å²) in [6, 6.07) is 0. The van der Waals surface area contributed by atoms with Crippen molar-refractivity contribution >= 4 is 23.2 Å². The van der Waals surface area contributed by atoms with Crippen LogP contribution in [0.2, 0.25) is 0 Å². The molecule has 2 heteroatoms. The lowest BCUT2D eigenvalue weighted by Crippen LogP contribution is -1.90. The van der Waals surface area contributed by atoms with Crippen LogP contribution >= 0.6 is 23.2 Å². The second-order valence-corrected chi connectivity index (χ2v) is 7.18. The molecule has 0 aromatic carbocycles. The van der Waals surface area contributed by atoms with Gasteiger partial charge in [-0.25, -0.2) is 0 Å². The molecule has 0 aromatic rings. The molecule has 1 aliphatic rings. The minimum absolute atomic E-state index is 0.348. The van der Waals surface area contributed by atoms with E-state index in [1.807, 2.05) is 0 Å². The van der Waals surface area contributed by atoms with Gasteiger partial charge in [0, 0.05) is 0 Å². The Labute approximate surface area is 117 Å². The summed E-state index contributed by atoms with van der Waals surface area (Å²) >= 11 is 12.0. The van der Waals surface area contributed by atoms with Gasteiger partial charge in [-0.3, -0.25) is 0 Å². The lowest BCUT2D eigenvalue weighted by Gasteiger charge is -2.02. The maximum Gasteiger partial charge on any atom is 0.121 e. The topological polar surface area (TPSA) is 0 Å². The van der Waals surface area contributed by atoms with Gasteiger partial charge in [-0.1, -0.05) is 71.1 Å². The maximum atomic E-state index is 6.00. The molecule has 0 radical (unpaired) electrons. The first-order chi connectivity index (χ1) is 8.17. The second kappa shape index (κ2) is 8.64. The lowest BCUT2D eigenvalue weighted by molar-refractivity contribution is 0.539. The number of rotatable bonds is 11. The number of alkyl halides is 2. The van der Waals surface area contributed by atoms with Gasteiger partial charge >= 0.3 is 0 Å². The van der Waals surface area contributed by atoms with Crippen LogP contribution in [0.25, 0.3) is 0 Å². The fourth-order valence-corrected chi connectivity index (χ4v) is 3.05. The van der Waals surface area contributed by atoms with Crippen molar-refractivity contribution in [2.24, 2.45) is 5.92 Å². The van der Waals surface area contributed by atoms with Crippen LogP contribution in [0.5, 0.6) is 0 Å². The largest absolute Gasteiger partial charge is 0.121 e. The Balaban J connectivity index is 1.70. The van der Waals surface area contributed by atoms with Crippen molar-refractivity contribution in [1.29, 1.82) is 0 Å². The van der Waals surface area contributed by atoms with Gasteiger partial charge in [-0.2, -0.15) is 0 Å². The Bertz CT molecular complexity index is 189. The van der Waals surface area contributed by atoms with E-state index >= 15 is 0 Å². The van der Waals surface area contributed by atoms with Gasteiger partial charge in [0.2, 0.25) is 0 Å². The average molecular weight is 279 g/mol. The highest BCUT2D eigenvalue weighted by molar-refractivity contribution is 6.50. The third-order valence-electron chi connectivity index (χ3n) is 3.86. The molecule has 0 aliphatic heterocycles. The third kappa shape index (κ3) is 7.57. The summed E-state index contributed by atoms with van der Waals surface area (Å²) in [6.45, 7) is 2.27. The second-order valence-electron chi connectivity index (χ2n) is 5.63. The number of halogens is 2. The van der Waals surface area contributed by atoms with Crippen molar-refractivity contribution in [1.82, 2.24) is 0 Å². The fourth-order valence-electron chi connectivity index (χ4n) is 2.46. The molecule has 0 N–H and O–H groups in total. The van der Waals surface area contributed by atoms with Gasteiger partial charge in [0.05, 0.1) is 0 Å². The van der Waals surface area contributed by atoms with E-state index < -0.39 is 0 Å². The molecule has 102 valence electrons. The van der Waals surface area contributed by atoms with Gasteiger partial charge in [0.15, 0.2) is 0 Å². The Hall–Kier alpha value is 0.580. The van der Waals surface area contributed by atoms with Gasteiger partial charge in [0.25, 0.3) is 0 Å². The molecular formula is C15H28Cl2. The van der Waals surface area contributed by atoms with Gasteiger partial charge in [0.1, 0.15) is 4.33 Å². The summed E-state index contributed by atoms with van der Waals surface area (Å²) in [6.07, 6.45) is 16.3. The minimum Gasteiger partial charge on any atom is -0.101 e. The number of unbranched alkanes of at least 4 members (excludes halogenated alkanes) is 9. The molecule has 0 aromatic heterocycles. The summed E-state index contributed by atoms with van der Waals surface area (Å²) in [7, 11) is 0. The molecule has 1 saturated carbocycles. The highest BCUT2D eigenvalue weighted by atomic mass is 35.5. The lowest BCUT2D eigenvalue weighted by atomic mass is 10.1. The quantitative estimate of drug-likeness (QED) is 0.299. The zero-order valence-electron chi connectivity index (χ0n) is 11.3. The molecule has 1 rings (SSSR count). The molecule has 1 atom stereocenters. The zero-order chi connectivity index (χ0) is 12.6. The maximum absolute atomic E-state index is 6.00. The zero-order valence-corrected chi connectivity index (χ0v) is 12.8. The van der Waals surface area contributed by atoms with Crippen molar-refractivity contribution in [3.63, 3.8) is 0 Å². The first kappa shape index (κ1) is 15.6. The normalized spacial score (nSPS) is 21.7. The molecule has 0 nitrogen and oxygen atoms in total. The van der Waals surface area contributed by atoms with Crippen molar-refractivity contribution in [3.05, 3.63) is 0 Å². The Morgan fingerprint density at radius 1 is 0.824 bits per heavy atom. The molecular weight excluding hydrogens is 251 g/mol. The first-order valence-corrected chi connectivity index (χ1v) is 8.30. The van der Waals surface area contributed by atoms with E-state index in [-0.39, 0.29) is 4.33 Å². The Morgan fingerprint density at radius 2 is 1.24 bits per heavy atom. The predicted octanol–water partition coefficient (Wildman–Crippen LogP) is 6.49. The predicted molar refractivity (Wildman–Crippen MR) is 79.0 cm³/mol. The van der Waals surface area contributed by atoms with Crippen LogP contribution in [0.1, 0.15) is 84.0 Å². The van der Waals surface area contributed by atoms with Gasteiger partial charge < -0.3 is 0 Å². The van der Waals surface area contributed by atoms with E-state index in [4.69, 9.17) is 23.2 Å². The smallest absolute Gasteiger partial charge is 0.101 e. The van der Waals surface area contributed by atoms with Crippen LogP contribution in [-0.2, 0) is 0 Å². The summed E-state index contributed by atoms with van der Waals surface area (Å²) in [5, 5.41) is 0. The van der Waals surface area contributed by atoms with E-state index in [0.717, 1.165) is 6.42 Å². The van der Waals surface area contributed by atoms with Crippen LogP contribution in [0.15, 0.2) is 0 Å². The number of hydrogen-bond acceptors (Lipinski definition) is 0. The number of hydrogen-bond donors (Lipinski definition) is 0. The monoisotopic (exact) mass is 278 g/mol. The summed E-state index contributed by atoms with van der Waals surface area (Å²) in [4.78, 5) is 0. The third-order valence-corrected chi connectivity index (χ3v) is 4.79. The van der Waals surface area contributed by atoms with Crippen LogP contribution in [-0.4, -0.2) is 4.33 Å². The highest BCUT2D eigenvalue weighted by Gasteiger charge is 2.50. The molecule has 0 heterocycles. The molecule has 1 aliphatic carbocycles. The molecule has 1 fully saturated rings. The SMILES string of the molecule is CCCCCCCCCCCCC1CC1(Cl)Cl. The van der Waals surface area contributed by atoms with E-state index in [1.54, 1.807) is 0 Å². The van der Waals surface area contributed by atoms with Crippen molar-refractivity contribution in [2.45, 2.75) is 88.3 Å². The van der Waals surface area contributed by atoms with Crippen LogP contribution in [0.3, 0.4) is 0 Å². The fraction of sp³-hybridized carbons (Fsp3) is 1.00. The van der Waals surface area contributed by atoms with E-state index in [1.165, 1.54) is 70.6 Å². The Kier molecular flexibility index (Phi) is 7.95. The molecule has 0 saturated heterocycles. The van der Waals surface area contributed by atoms with Gasteiger partial charge in [-0.05, 0) is 18.8 Å². The summed E-state index contributed by atoms with van der Waals surface area (Å²) in [5.41, 5.74) is 0. The Morgan fingerprint density at radius 3 is 1.65 bits per heavy atom. The summed E-state index contributed by atoms with van der Waals surface area (Å²) < 4.78 is -0.348. The minimum atomic E-state index is -0.348. The summed E-state index contributed by atoms with van der Waals surface area (Å²) in [5.74, 6) is 0.597. The average Bonchev–Trinajstić information content (AvgIpc) is 2.89. The van der Waals surface area contributed by atoms with Crippen LogP contribution < -0.4 is 0 Å². The van der Waals surface area contributed by atoms with Crippen LogP contribution in [0.4, 0.5) is 0 Å². The molecule has 1 unspecified atom stereocenters. The molecule has 0 bridgehead atoms. The van der Waals surface area contributed by atoms with E-state index in [0.29, 0.717) is 5.92 Å². The van der Waals surface area contributed by atoms with E-state index in [2.05, 4.69) is 6.92 Å². The highest BCUT2D eigenvalue weighted by Crippen LogP contribution is 2.55. The molecule has 0 spiro atoms. The standard InChI is InChI=1S/C15H28Cl2/c1-2-3-4-5-6-7-8-9-10-11-12-14-13-15(14,16)17/h14H,2-13H2,1H3. The van der Waals surface area contributed by atoms with Crippen molar-refractivity contribution < 1.29 is 0 Å². The van der Waals surface area contributed by atoms with Crippen LogP contribution in [0, 0.1) is 5.92 Å². The van der Waals surface area contributed by atoms with Crippen molar-refractivity contribution in [3.8, 4) is 0 Å². The van der Waals surface area contributed by atoms with Gasteiger partial charge in [-0.15, -0.1) is 23.2 Å². The van der Waals surface area contributed by atoms with Crippen molar-refractivity contribution in [2.75, 3.05) is 0 Å². The first-order valence-electron chi connectivity index (χ1n) is 7.54. The molecule has 0 amide bonds.